The highest BCUT2D eigenvalue weighted by Gasteiger charge is 2.39. The molecule has 0 fully saturated rings. The summed E-state index contributed by atoms with van der Waals surface area (Å²) in [6.45, 7) is 4.42. The Bertz CT molecular complexity index is 875. The van der Waals surface area contributed by atoms with Crippen LogP contribution in [0.15, 0.2) is 30.0 Å². The predicted molar refractivity (Wildman–Crippen MR) is 95.5 cm³/mol. The third-order valence-corrected chi connectivity index (χ3v) is 5.48. The smallest absolute Gasteiger partial charge is 0.123 e. The maximum Gasteiger partial charge on any atom is 0.123 e. The van der Waals surface area contributed by atoms with Gasteiger partial charge in [0.15, 0.2) is 0 Å². The van der Waals surface area contributed by atoms with E-state index in [1.807, 2.05) is 18.2 Å². The Morgan fingerprint density at radius 2 is 1.79 bits per heavy atom. The Balaban J connectivity index is 2.03. The number of aromatic hydroxyl groups is 1. The molecule has 2 aliphatic rings. The maximum absolute atomic E-state index is 10.6. The van der Waals surface area contributed by atoms with Gasteiger partial charge in [0.25, 0.3) is 0 Å². The van der Waals surface area contributed by atoms with Crippen LogP contribution in [0.3, 0.4) is 0 Å². The van der Waals surface area contributed by atoms with E-state index in [1.165, 1.54) is 27.8 Å². The largest absolute Gasteiger partial charge is 0.507 e. The Kier molecular flexibility index (Phi) is 3.17. The molecule has 24 heavy (non-hydrogen) atoms. The molecule has 2 aromatic carbocycles. The van der Waals surface area contributed by atoms with E-state index in [-0.39, 0.29) is 5.41 Å². The number of methoxy groups -OCH3 is 2. The minimum absolute atomic E-state index is 0.156. The van der Waals surface area contributed by atoms with Crippen LogP contribution >= 0.6 is 0 Å². The van der Waals surface area contributed by atoms with E-state index >= 15 is 0 Å². The fourth-order valence-electron chi connectivity index (χ4n) is 4.13. The van der Waals surface area contributed by atoms with Crippen LogP contribution in [0.1, 0.15) is 42.5 Å². The van der Waals surface area contributed by atoms with Gasteiger partial charge in [0.05, 0.1) is 20.0 Å². The summed E-state index contributed by atoms with van der Waals surface area (Å²) in [5, 5.41) is 10.6. The van der Waals surface area contributed by atoms with E-state index in [4.69, 9.17) is 9.47 Å². The summed E-state index contributed by atoms with van der Waals surface area (Å²) in [7, 11) is 3.38. The van der Waals surface area contributed by atoms with Gasteiger partial charge in [0.1, 0.15) is 11.5 Å². The van der Waals surface area contributed by atoms with Gasteiger partial charge in [-0.2, -0.15) is 0 Å². The first-order valence-electron chi connectivity index (χ1n) is 8.30. The highest BCUT2D eigenvalue weighted by molar-refractivity contribution is 5.88. The molecule has 0 radical (unpaired) electrons. The van der Waals surface area contributed by atoms with Crippen LogP contribution in [-0.2, 0) is 16.6 Å². The van der Waals surface area contributed by atoms with E-state index in [2.05, 4.69) is 26.0 Å². The standard InChI is InChI=1S/C21H22O3/c1-21(2)17-10-13(24-4)6-8-15(17)20-14-7-5-12(23-3)9-16(14)19(22)11-18(20)21/h6,8-11,22H,5,7H2,1-4H3. The maximum atomic E-state index is 10.6. The van der Waals surface area contributed by atoms with Gasteiger partial charge in [-0.25, -0.2) is 0 Å². The summed E-state index contributed by atoms with van der Waals surface area (Å²) in [6.07, 6.45) is 3.72. The molecule has 0 saturated carbocycles. The van der Waals surface area contributed by atoms with Crippen LogP contribution in [0.4, 0.5) is 0 Å². The number of hydrogen-bond acceptors (Lipinski definition) is 3. The molecule has 0 aliphatic heterocycles. The second-order valence-corrected chi connectivity index (χ2v) is 7.06. The zero-order valence-electron chi connectivity index (χ0n) is 14.6. The molecule has 0 bridgehead atoms. The minimum atomic E-state index is -0.156. The van der Waals surface area contributed by atoms with Gasteiger partial charge in [-0.05, 0) is 58.5 Å². The van der Waals surface area contributed by atoms with Gasteiger partial charge >= 0.3 is 0 Å². The Labute approximate surface area is 142 Å². The number of rotatable bonds is 2. The number of phenolic OH excluding ortho intramolecular Hbond substituents is 1. The molecular formula is C21H22O3. The lowest BCUT2D eigenvalue weighted by Crippen LogP contribution is -2.15. The molecule has 1 N–H and O–H groups in total. The Hall–Kier alpha value is -2.42. The van der Waals surface area contributed by atoms with Crippen LogP contribution in [0.5, 0.6) is 11.5 Å². The van der Waals surface area contributed by atoms with Crippen molar-refractivity contribution in [1.82, 2.24) is 0 Å². The van der Waals surface area contributed by atoms with Crippen molar-refractivity contribution in [3.63, 3.8) is 0 Å². The number of hydrogen-bond donors (Lipinski definition) is 1. The third kappa shape index (κ3) is 1.90. The molecule has 0 atom stereocenters. The average molecular weight is 322 g/mol. The van der Waals surface area contributed by atoms with Crippen molar-refractivity contribution in [1.29, 1.82) is 0 Å². The first-order chi connectivity index (χ1) is 11.5. The molecule has 0 heterocycles. The van der Waals surface area contributed by atoms with E-state index in [9.17, 15) is 5.11 Å². The number of ether oxygens (including phenoxy) is 2. The van der Waals surface area contributed by atoms with Crippen LogP contribution in [0, 0.1) is 0 Å². The zero-order chi connectivity index (χ0) is 17.1. The normalized spacial score (nSPS) is 16.8. The van der Waals surface area contributed by atoms with Crippen molar-refractivity contribution in [2.24, 2.45) is 0 Å². The fraction of sp³-hybridized carbons (Fsp3) is 0.333. The number of fused-ring (bicyclic) bond motifs is 5. The first kappa shape index (κ1) is 15.1. The molecule has 0 aromatic heterocycles. The summed E-state index contributed by atoms with van der Waals surface area (Å²) >= 11 is 0. The van der Waals surface area contributed by atoms with Gasteiger partial charge in [-0.1, -0.05) is 19.9 Å². The van der Waals surface area contributed by atoms with Crippen LogP contribution < -0.4 is 4.74 Å². The molecular weight excluding hydrogens is 300 g/mol. The Morgan fingerprint density at radius 3 is 2.50 bits per heavy atom. The van der Waals surface area contributed by atoms with Crippen molar-refractivity contribution < 1.29 is 14.6 Å². The summed E-state index contributed by atoms with van der Waals surface area (Å²) in [6, 6.07) is 8.21. The molecule has 124 valence electrons. The quantitative estimate of drug-likeness (QED) is 0.875. The fourth-order valence-corrected chi connectivity index (χ4v) is 4.13. The van der Waals surface area contributed by atoms with E-state index in [0.29, 0.717) is 5.75 Å². The Morgan fingerprint density at radius 1 is 1.00 bits per heavy atom. The topological polar surface area (TPSA) is 38.7 Å². The van der Waals surface area contributed by atoms with Gasteiger partial charge in [0, 0.05) is 17.4 Å². The number of benzene rings is 2. The molecule has 3 heteroatoms. The SMILES string of the molecule is COC1=Cc2c(O)cc3c(c2CC1)-c1ccc(OC)cc1C3(C)C. The summed E-state index contributed by atoms with van der Waals surface area (Å²) in [5.41, 5.74) is 6.94. The molecule has 0 unspecified atom stereocenters. The van der Waals surface area contributed by atoms with Gasteiger partial charge in [-0.3, -0.25) is 0 Å². The van der Waals surface area contributed by atoms with E-state index in [1.54, 1.807) is 14.2 Å². The lowest BCUT2D eigenvalue weighted by Gasteiger charge is -2.24. The predicted octanol–water partition coefficient (Wildman–Crippen LogP) is 4.64. The van der Waals surface area contributed by atoms with Gasteiger partial charge < -0.3 is 14.6 Å². The molecule has 2 aromatic rings. The van der Waals surface area contributed by atoms with Crippen LogP contribution in [0.25, 0.3) is 17.2 Å². The van der Waals surface area contributed by atoms with Crippen molar-refractivity contribution in [3.05, 3.63) is 52.3 Å². The third-order valence-electron chi connectivity index (χ3n) is 5.48. The van der Waals surface area contributed by atoms with E-state index < -0.39 is 0 Å². The summed E-state index contributed by atoms with van der Waals surface area (Å²) < 4.78 is 10.8. The van der Waals surface area contributed by atoms with E-state index in [0.717, 1.165) is 29.9 Å². The monoisotopic (exact) mass is 322 g/mol. The summed E-state index contributed by atoms with van der Waals surface area (Å²) in [5.74, 6) is 2.13. The average Bonchev–Trinajstić information content (AvgIpc) is 2.82. The first-order valence-corrected chi connectivity index (χ1v) is 8.30. The molecule has 2 aliphatic carbocycles. The van der Waals surface area contributed by atoms with Crippen LogP contribution in [-0.4, -0.2) is 19.3 Å². The minimum Gasteiger partial charge on any atom is -0.507 e. The van der Waals surface area contributed by atoms with Gasteiger partial charge in [0.2, 0.25) is 0 Å². The molecule has 3 nitrogen and oxygen atoms in total. The van der Waals surface area contributed by atoms with Crippen molar-refractivity contribution in [2.75, 3.05) is 14.2 Å². The summed E-state index contributed by atoms with van der Waals surface area (Å²) in [4.78, 5) is 0. The highest BCUT2D eigenvalue weighted by atomic mass is 16.5. The number of allylic oxidation sites excluding steroid dienone is 1. The lowest BCUT2D eigenvalue weighted by molar-refractivity contribution is 0.279. The zero-order valence-corrected chi connectivity index (χ0v) is 14.6. The van der Waals surface area contributed by atoms with Crippen molar-refractivity contribution >= 4 is 6.08 Å². The van der Waals surface area contributed by atoms with Crippen molar-refractivity contribution in [3.8, 4) is 22.6 Å². The lowest BCUT2D eigenvalue weighted by atomic mass is 9.80. The number of phenols is 1. The highest BCUT2D eigenvalue weighted by Crippen LogP contribution is 2.54. The van der Waals surface area contributed by atoms with Gasteiger partial charge in [-0.15, -0.1) is 0 Å². The molecule has 4 rings (SSSR count). The van der Waals surface area contributed by atoms with Crippen LogP contribution in [0.2, 0.25) is 0 Å². The molecule has 0 spiro atoms. The second kappa shape index (κ2) is 5.04. The molecule has 0 amide bonds. The van der Waals surface area contributed by atoms with Crippen molar-refractivity contribution in [2.45, 2.75) is 32.1 Å². The molecule has 0 saturated heterocycles. The second-order valence-electron chi connectivity index (χ2n) is 7.06.